The van der Waals surface area contributed by atoms with Gasteiger partial charge in [0.2, 0.25) is 0 Å². The number of hydrogen-bond acceptors (Lipinski definition) is 3. The van der Waals surface area contributed by atoms with Crippen LogP contribution in [-0.2, 0) is 0 Å². The van der Waals surface area contributed by atoms with E-state index in [0.717, 1.165) is 37.5 Å². The van der Waals surface area contributed by atoms with Crippen molar-refractivity contribution >= 4 is 12.1 Å². The molecule has 0 spiro atoms. The first kappa shape index (κ1) is 12.0. The van der Waals surface area contributed by atoms with Gasteiger partial charge in [0.15, 0.2) is 12.1 Å². The zero-order valence-corrected chi connectivity index (χ0v) is 10.1. The highest BCUT2D eigenvalue weighted by atomic mass is 16.1. The molecule has 3 heteroatoms. The molecule has 0 radical (unpaired) electrons. The molecule has 1 saturated carbocycles. The zero-order valence-electron chi connectivity index (χ0n) is 10.1. The lowest BCUT2D eigenvalue weighted by Crippen LogP contribution is -2.20. The Morgan fingerprint density at radius 2 is 2.06 bits per heavy atom. The molecule has 0 bridgehead atoms. The topological polar surface area (TPSA) is 47.0 Å². The van der Waals surface area contributed by atoms with Gasteiger partial charge in [0.05, 0.1) is 0 Å². The lowest BCUT2D eigenvalue weighted by molar-refractivity contribution is 0.0880. The Labute approximate surface area is 101 Å². The maximum absolute atomic E-state index is 12.3. The number of carbonyl (C=O) groups excluding carboxylic acids is 2. The van der Waals surface area contributed by atoms with Gasteiger partial charge in [0.1, 0.15) is 5.69 Å². The van der Waals surface area contributed by atoms with Crippen molar-refractivity contribution in [3.05, 3.63) is 29.1 Å². The first-order valence-corrected chi connectivity index (χ1v) is 6.19. The Morgan fingerprint density at radius 3 is 2.71 bits per heavy atom. The van der Waals surface area contributed by atoms with E-state index in [1.54, 1.807) is 12.3 Å². The van der Waals surface area contributed by atoms with Crippen LogP contribution in [0.5, 0.6) is 0 Å². The number of Topliss-reactive ketones (excluding diaryl/α,β-unsaturated/α-hetero) is 1. The summed E-state index contributed by atoms with van der Waals surface area (Å²) < 4.78 is 0. The molecule has 0 aromatic carbocycles. The molecule has 0 atom stereocenters. The molecule has 1 aromatic heterocycles. The molecular formula is C14H17NO2. The summed E-state index contributed by atoms with van der Waals surface area (Å²) in [5, 5.41) is 0. The van der Waals surface area contributed by atoms with E-state index < -0.39 is 0 Å². The highest BCUT2D eigenvalue weighted by Gasteiger charge is 2.25. The molecule has 1 fully saturated rings. The average Bonchev–Trinajstić information content (AvgIpc) is 2.38. The Balaban J connectivity index is 2.29. The van der Waals surface area contributed by atoms with Crippen LogP contribution in [0.4, 0.5) is 0 Å². The minimum Gasteiger partial charge on any atom is -0.298 e. The molecule has 1 aliphatic rings. The van der Waals surface area contributed by atoms with Gasteiger partial charge in [0, 0.05) is 17.7 Å². The number of hydrogen-bond donors (Lipinski definition) is 0. The molecular weight excluding hydrogens is 214 g/mol. The van der Waals surface area contributed by atoms with Crippen molar-refractivity contribution in [2.75, 3.05) is 0 Å². The SMILES string of the molecule is Cc1ccnc(C(=O)C2CCCCC2)c1C=O. The molecule has 3 nitrogen and oxygen atoms in total. The van der Waals surface area contributed by atoms with Crippen LogP contribution >= 0.6 is 0 Å². The van der Waals surface area contributed by atoms with Gasteiger partial charge >= 0.3 is 0 Å². The van der Waals surface area contributed by atoms with E-state index in [2.05, 4.69) is 4.98 Å². The fraction of sp³-hybridized carbons (Fsp3) is 0.500. The second-order valence-corrected chi connectivity index (χ2v) is 4.71. The summed E-state index contributed by atoms with van der Waals surface area (Å²) in [4.78, 5) is 27.5. The third kappa shape index (κ3) is 2.43. The molecule has 0 N–H and O–H groups in total. The van der Waals surface area contributed by atoms with Crippen molar-refractivity contribution in [3.63, 3.8) is 0 Å². The van der Waals surface area contributed by atoms with Gasteiger partial charge < -0.3 is 0 Å². The quantitative estimate of drug-likeness (QED) is 0.593. The number of rotatable bonds is 3. The first-order chi connectivity index (χ1) is 8.24. The van der Waals surface area contributed by atoms with Crippen LogP contribution in [0.1, 0.15) is 58.5 Å². The Bertz CT molecular complexity index is 434. The summed E-state index contributed by atoms with van der Waals surface area (Å²) in [6.45, 7) is 1.84. The summed E-state index contributed by atoms with van der Waals surface area (Å²) in [6, 6.07) is 1.77. The van der Waals surface area contributed by atoms with Crippen molar-refractivity contribution in [2.45, 2.75) is 39.0 Å². The second-order valence-electron chi connectivity index (χ2n) is 4.71. The summed E-state index contributed by atoms with van der Waals surface area (Å²) in [5.41, 5.74) is 1.66. The van der Waals surface area contributed by atoms with Crippen molar-refractivity contribution < 1.29 is 9.59 Å². The van der Waals surface area contributed by atoms with Gasteiger partial charge in [0.25, 0.3) is 0 Å². The first-order valence-electron chi connectivity index (χ1n) is 6.19. The average molecular weight is 231 g/mol. The number of aryl methyl sites for hydroxylation is 1. The van der Waals surface area contributed by atoms with Gasteiger partial charge in [-0.1, -0.05) is 19.3 Å². The van der Waals surface area contributed by atoms with Crippen molar-refractivity contribution in [3.8, 4) is 0 Å². The van der Waals surface area contributed by atoms with E-state index in [1.807, 2.05) is 6.92 Å². The molecule has 1 aromatic rings. The smallest absolute Gasteiger partial charge is 0.184 e. The van der Waals surface area contributed by atoms with E-state index in [1.165, 1.54) is 6.42 Å². The molecule has 0 unspecified atom stereocenters. The standard InChI is InChI=1S/C14H17NO2/c1-10-7-8-15-13(12(10)9-16)14(17)11-5-3-2-4-6-11/h7-9,11H,2-6H2,1H3. The number of pyridine rings is 1. The lowest BCUT2D eigenvalue weighted by Gasteiger charge is -2.20. The van der Waals surface area contributed by atoms with E-state index >= 15 is 0 Å². The van der Waals surface area contributed by atoms with Crippen molar-refractivity contribution in [1.82, 2.24) is 4.98 Å². The normalized spacial score (nSPS) is 16.8. The van der Waals surface area contributed by atoms with E-state index in [9.17, 15) is 9.59 Å². The number of aromatic nitrogens is 1. The van der Waals surface area contributed by atoms with E-state index in [-0.39, 0.29) is 11.7 Å². The minimum absolute atomic E-state index is 0.0514. The third-order valence-electron chi connectivity index (χ3n) is 3.54. The molecule has 17 heavy (non-hydrogen) atoms. The van der Waals surface area contributed by atoms with Gasteiger partial charge in [-0.05, 0) is 31.4 Å². The summed E-state index contributed by atoms with van der Waals surface area (Å²) in [7, 11) is 0. The fourth-order valence-corrected chi connectivity index (χ4v) is 2.47. The third-order valence-corrected chi connectivity index (χ3v) is 3.54. The van der Waals surface area contributed by atoms with Crippen LogP contribution in [0.2, 0.25) is 0 Å². The molecule has 90 valence electrons. The summed E-state index contributed by atoms with van der Waals surface area (Å²) >= 11 is 0. The fourth-order valence-electron chi connectivity index (χ4n) is 2.47. The van der Waals surface area contributed by atoms with Gasteiger partial charge in [-0.3, -0.25) is 14.6 Å². The molecule has 2 rings (SSSR count). The monoisotopic (exact) mass is 231 g/mol. The highest BCUT2D eigenvalue weighted by Crippen LogP contribution is 2.27. The largest absolute Gasteiger partial charge is 0.298 e. The van der Waals surface area contributed by atoms with Crippen molar-refractivity contribution in [1.29, 1.82) is 0 Å². The van der Waals surface area contributed by atoms with Gasteiger partial charge in [-0.2, -0.15) is 0 Å². The highest BCUT2D eigenvalue weighted by molar-refractivity contribution is 6.02. The maximum atomic E-state index is 12.3. The summed E-state index contributed by atoms with van der Waals surface area (Å²) in [5.74, 6) is 0.118. The minimum atomic E-state index is 0.0514. The van der Waals surface area contributed by atoms with Crippen LogP contribution in [0, 0.1) is 12.8 Å². The van der Waals surface area contributed by atoms with Gasteiger partial charge in [-0.25, -0.2) is 0 Å². The lowest BCUT2D eigenvalue weighted by atomic mass is 9.84. The molecule has 0 saturated heterocycles. The van der Waals surface area contributed by atoms with E-state index in [4.69, 9.17) is 0 Å². The molecule has 1 heterocycles. The Kier molecular flexibility index (Phi) is 3.67. The number of aldehydes is 1. The Hall–Kier alpha value is -1.51. The van der Waals surface area contributed by atoms with Crippen LogP contribution in [-0.4, -0.2) is 17.1 Å². The summed E-state index contributed by atoms with van der Waals surface area (Å²) in [6.07, 6.45) is 7.67. The second kappa shape index (κ2) is 5.21. The predicted octanol–water partition coefficient (Wildman–Crippen LogP) is 2.97. The van der Waals surface area contributed by atoms with Crippen LogP contribution in [0.15, 0.2) is 12.3 Å². The zero-order chi connectivity index (χ0) is 12.3. The maximum Gasteiger partial charge on any atom is 0.184 e. The molecule has 0 amide bonds. The van der Waals surface area contributed by atoms with Crippen LogP contribution in [0.25, 0.3) is 0 Å². The van der Waals surface area contributed by atoms with E-state index in [0.29, 0.717) is 11.3 Å². The molecule has 0 aliphatic heterocycles. The predicted molar refractivity (Wildman–Crippen MR) is 65.3 cm³/mol. The van der Waals surface area contributed by atoms with Gasteiger partial charge in [-0.15, -0.1) is 0 Å². The number of carbonyl (C=O) groups is 2. The number of nitrogens with zero attached hydrogens (tertiary/aromatic N) is 1. The molecule has 1 aliphatic carbocycles. The van der Waals surface area contributed by atoms with Crippen LogP contribution < -0.4 is 0 Å². The Morgan fingerprint density at radius 1 is 1.35 bits per heavy atom. The number of ketones is 1. The van der Waals surface area contributed by atoms with Crippen molar-refractivity contribution in [2.24, 2.45) is 5.92 Å². The van der Waals surface area contributed by atoms with Crippen LogP contribution in [0.3, 0.4) is 0 Å².